The number of carboxylic acid groups (broad SMARTS) is 2. The number of nitrogens with zero attached hydrogens (tertiary/aromatic N) is 1. The predicted molar refractivity (Wildman–Crippen MR) is 156 cm³/mol. The largest absolute Gasteiger partial charge is 0.497 e. The molecule has 0 spiro atoms. The maximum Gasteiger partial charge on any atom is 0.353 e. The minimum atomic E-state index is -1.14. The van der Waals surface area contributed by atoms with Gasteiger partial charge in [-0.05, 0) is 53.6 Å². The molecule has 218 valence electrons. The first kappa shape index (κ1) is 27.5. The molecule has 0 radical (unpaired) electrons. The molecular weight excluding hydrogens is 554 g/mol. The van der Waals surface area contributed by atoms with E-state index >= 15 is 0 Å². The highest BCUT2D eigenvalue weighted by Crippen LogP contribution is 2.42. The fourth-order valence-electron chi connectivity index (χ4n) is 5.13. The molecule has 0 aliphatic carbocycles. The van der Waals surface area contributed by atoms with Crippen molar-refractivity contribution in [1.29, 1.82) is 0 Å². The van der Waals surface area contributed by atoms with Crippen molar-refractivity contribution in [2.45, 2.75) is 13.2 Å². The van der Waals surface area contributed by atoms with Crippen molar-refractivity contribution in [2.24, 2.45) is 0 Å². The number of rotatable bonds is 11. The molecule has 10 nitrogen and oxygen atoms in total. The van der Waals surface area contributed by atoms with Gasteiger partial charge in [-0.1, -0.05) is 36.4 Å². The van der Waals surface area contributed by atoms with Crippen molar-refractivity contribution in [3.8, 4) is 39.9 Å². The summed E-state index contributed by atoms with van der Waals surface area (Å²) in [5, 5.41) is 20.5. The zero-order chi connectivity index (χ0) is 29.9. The SMILES string of the molecule is COc1ccc(Cn2c(C(=O)O)c(-c3ccc4c(c3)OCO4)c3cc(OCc4ccccc4)ccc32)c(OCC(=O)O)c1. The molecule has 0 bridgehead atoms. The number of aromatic nitrogens is 1. The molecule has 2 heterocycles. The van der Waals surface area contributed by atoms with E-state index < -0.39 is 18.5 Å². The molecule has 1 aliphatic rings. The summed E-state index contributed by atoms with van der Waals surface area (Å²) in [7, 11) is 1.49. The van der Waals surface area contributed by atoms with Crippen LogP contribution in [0.1, 0.15) is 21.6 Å². The molecule has 6 rings (SSSR count). The molecule has 0 fully saturated rings. The molecule has 0 unspecified atom stereocenters. The lowest BCUT2D eigenvalue weighted by molar-refractivity contribution is -0.139. The van der Waals surface area contributed by atoms with Gasteiger partial charge in [-0.2, -0.15) is 0 Å². The lowest BCUT2D eigenvalue weighted by atomic mass is 10.0. The molecule has 10 heteroatoms. The van der Waals surface area contributed by atoms with Gasteiger partial charge in [-0.3, -0.25) is 0 Å². The van der Waals surface area contributed by atoms with Crippen LogP contribution in [0, 0.1) is 0 Å². The fourth-order valence-corrected chi connectivity index (χ4v) is 5.13. The number of benzene rings is 4. The van der Waals surface area contributed by atoms with Crippen molar-refractivity contribution < 1.29 is 43.5 Å². The number of carboxylic acids is 2. The van der Waals surface area contributed by atoms with Gasteiger partial charge in [0.25, 0.3) is 0 Å². The van der Waals surface area contributed by atoms with Gasteiger partial charge in [-0.25, -0.2) is 9.59 Å². The van der Waals surface area contributed by atoms with Crippen LogP contribution in [0.2, 0.25) is 0 Å². The highest BCUT2D eigenvalue weighted by molar-refractivity contribution is 6.08. The average molecular weight is 582 g/mol. The Kier molecular flexibility index (Phi) is 7.48. The molecule has 4 aromatic carbocycles. The molecule has 0 atom stereocenters. The van der Waals surface area contributed by atoms with Gasteiger partial charge in [0.05, 0.1) is 13.7 Å². The maximum atomic E-state index is 13.0. The molecule has 0 saturated carbocycles. The second-order valence-electron chi connectivity index (χ2n) is 9.79. The monoisotopic (exact) mass is 581 g/mol. The highest BCUT2D eigenvalue weighted by atomic mass is 16.7. The summed E-state index contributed by atoms with van der Waals surface area (Å²) in [5.41, 5.74) is 3.35. The zero-order valence-electron chi connectivity index (χ0n) is 23.1. The van der Waals surface area contributed by atoms with E-state index in [9.17, 15) is 19.8 Å². The first-order chi connectivity index (χ1) is 20.9. The lowest BCUT2D eigenvalue weighted by Crippen LogP contribution is -2.14. The predicted octanol–water partition coefficient (Wildman–Crippen LogP) is 5.83. The molecule has 0 saturated heterocycles. The van der Waals surface area contributed by atoms with Gasteiger partial charge in [0.15, 0.2) is 18.1 Å². The van der Waals surface area contributed by atoms with Crippen LogP contribution < -0.4 is 23.7 Å². The lowest BCUT2D eigenvalue weighted by Gasteiger charge is -2.15. The summed E-state index contributed by atoms with van der Waals surface area (Å²) < 4.78 is 29.7. The Morgan fingerprint density at radius 2 is 1.65 bits per heavy atom. The Hall–Kier alpha value is -5.64. The molecule has 43 heavy (non-hydrogen) atoms. The van der Waals surface area contributed by atoms with Crippen LogP contribution in [-0.2, 0) is 17.9 Å². The third kappa shape index (κ3) is 5.62. The van der Waals surface area contributed by atoms with Crippen LogP contribution in [0.3, 0.4) is 0 Å². The Bertz CT molecular complexity index is 1830. The van der Waals surface area contributed by atoms with Crippen LogP contribution in [-0.4, -0.2) is 47.2 Å². The van der Waals surface area contributed by atoms with E-state index in [0.29, 0.717) is 57.2 Å². The van der Waals surface area contributed by atoms with E-state index in [1.165, 1.54) is 7.11 Å². The molecule has 0 amide bonds. The average Bonchev–Trinajstić information content (AvgIpc) is 3.62. The van der Waals surface area contributed by atoms with Crippen molar-refractivity contribution in [3.05, 3.63) is 102 Å². The van der Waals surface area contributed by atoms with Crippen molar-refractivity contribution in [3.63, 3.8) is 0 Å². The molecule has 2 N–H and O–H groups in total. The zero-order valence-corrected chi connectivity index (χ0v) is 23.1. The van der Waals surface area contributed by atoms with Gasteiger partial charge in [-0.15, -0.1) is 0 Å². The summed E-state index contributed by atoms with van der Waals surface area (Å²) in [6.45, 7) is -0.0660. The number of methoxy groups -OCH3 is 1. The molecule has 1 aromatic heterocycles. The van der Waals surface area contributed by atoms with Crippen LogP contribution >= 0.6 is 0 Å². The minimum absolute atomic E-state index is 0.0362. The van der Waals surface area contributed by atoms with Crippen LogP contribution in [0.25, 0.3) is 22.0 Å². The topological polar surface area (TPSA) is 126 Å². The quantitative estimate of drug-likeness (QED) is 0.198. The minimum Gasteiger partial charge on any atom is -0.497 e. The van der Waals surface area contributed by atoms with Gasteiger partial charge >= 0.3 is 11.9 Å². The second kappa shape index (κ2) is 11.7. The normalized spacial score (nSPS) is 11.8. The van der Waals surface area contributed by atoms with E-state index in [0.717, 1.165) is 5.56 Å². The number of ether oxygens (including phenoxy) is 5. The highest BCUT2D eigenvalue weighted by Gasteiger charge is 2.27. The third-order valence-corrected chi connectivity index (χ3v) is 7.10. The maximum absolute atomic E-state index is 13.0. The van der Waals surface area contributed by atoms with E-state index in [1.54, 1.807) is 47.0 Å². The number of aliphatic carboxylic acids is 1. The first-order valence-electron chi connectivity index (χ1n) is 13.4. The smallest absolute Gasteiger partial charge is 0.353 e. The number of fused-ring (bicyclic) bond motifs is 2. The number of hydrogen-bond acceptors (Lipinski definition) is 7. The van der Waals surface area contributed by atoms with E-state index in [-0.39, 0.29) is 24.8 Å². The Morgan fingerprint density at radius 3 is 2.42 bits per heavy atom. The second-order valence-corrected chi connectivity index (χ2v) is 9.79. The Balaban J connectivity index is 1.50. The Morgan fingerprint density at radius 1 is 0.860 bits per heavy atom. The molecular formula is C33H27NO9. The third-order valence-electron chi connectivity index (χ3n) is 7.10. The number of carbonyl (C=O) groups is 2. The number of aromatic carboxylic acids is 1. The van der Waals surface area contributed by atoms with Gasteiger partial charge in [0.2, 0.25) is 6.79 Å². The Labute approximate surface area is 246 Å². The van der Waals surface area contributed by atoms with Crippen molar-refractivity contribution >= 4 is 22.8 Å². The molecule has 1 aliphatic heterocycles. The fraction of sp³-hybridized carbons (Fsp3) is 0.152. The van der Waals surface area contributed by atoms with Crippen LogP contribution in [0.5, 0.6) is 28.7 Å². The van der Waals surface area contributed by atoms with Gasteiger partial charge in [0.1, 0.15) is 29.5 Å². The van der Waals surface area contributed by atoms with Crippen molar-refractivity contribution in [1.82, 2.24) is 4.57 Å². The summed E-state index contributed by atoms with van der Waals surface area (Å²) in [6.07, 6.45) is 0. The standard InChI is InChI=1S/C33H27NO9/c1-39-23-9-7-22(28(15-23)41-18-30(35)36)16-34-26-11-10-24(40-17-20-5-3-2-4-6-20)14-25(26)31(32(34)33(37)38)21-8-12-27-29(13-21)43-19-42-27/h2-15H,16-19H2,1H3,(H,35,36)(H,37,38). The van der Waals surface area contributed by atoms with Crippen molar-refractivity contribution in [2.75, 3.05) is 20.5 Å². The first-order valence-corrected chi connectivity index (χ1v) is 13.4. The summed E-state index contributed by atoms with van der Waals surface area (Å²) >= 11 is 0. The number of hydrogen-bond donors (Lipinski definition) is 2. The molecule has 5 aromatic rings. The van der Waals surface area contributed by atoms with E-state index in [1.807, 2.05) is 42.5 Å². The van der Waals surface area contributed by atoms with Gasteiger partial charge < -0.3 is 38.5 Å². The summed E-state index contributed by atoms with van der Waals surface area (Å²) in [4.78, 5) is 24.2. The van der Waals surface area contributed by atoms with E-state index in [2.05, 4.69) is 0 Å². The summed E-state index contributed by atoms with van der Waals surface area (Å²) in [5.74, 6) is 0.132. The summed E-state index contributed by atoms with van der Waals surface area (Å²) in [6, 6.07) is 25.5. The van der Waals surface area contributed by atoms with E-state index in [4.69, 9.17) is 23.7 Å². The van der Waals surface area contributed by atoms with Gasteiger partial charge in [0, 0.05) is 28.1 Å². The van der Waals surface area contributed by atoms with Crippen LogP contribution in [0.15, 0.2) is 84.9 Å². The van der Waals surface area contributed by atoms with Crippen LogP contribution in [0.4, 0.5) is 0 Å².